The third kappa shape index (κ3) is 6.27. The molecule has 0 heterocycles. The summed E-state index contributed by atoms with van der Waals surface area (Å²) in [7, 11) is 0. The fourth-order valence-corrected chi connectivity index (χ4v) is 9.40. The molecule has 0 bridgehead atoms. The van der Waals surface area contributed by atoms with Crippen LogP contribution < -0.4 is 0 Å². The van der Waals surface area contributed by atoms with E-state index in [-0.39, 0.29) is 12.1 Å². The van der Waals surface area contributed by atoms with Crippen molar-refractivity contribution >= 4 is 5.57 Å². The molecule has 0 amide bonds. The number of alkyl halides is 1. The number of unbranched alkanes of at least 4 members (excludes halogenated alkanes) is 1. The minimum atomic E-state index is -0.559. The summed E-state index contributed by atoms with van der Waals surface area (Å²) in [5.74, 6) is 0.680. The van der Waals surface area contributed by atoms with Crippen molar-refractivity contribution < 1.29 is 4.39 Å². The molecule has 4 aromatic rings. The molecule has 0 radical (unpaired) electrons. The van der Waals surface area contributed by atoms with Gasteiger partial charge in [0.2, 0.25) is 0 Å². The molecule has 50 heavy (non-hydrogen) atoms. The summed E-state index contributed by atoms with van der Waals surface area (Å²) in [6.45, 7) is 19.5. The second kappa shape index (κ2) is 16.4. The van der Waals surface area contributed by atoms with Crippen molar-refractivity contribution in [1.82, 2.24) is 0 Å². The van der Waals surface area contributed by atoms with E-state index in [1.165, 1.54) is 92.5 Å². The Morgan fingerprint density at radius 2 is 1.40 bits per heavy atom. The first-order valence-corrected chi connectivity index (χ1v) is 19.4. The Bertz CT molecular complexity index is 1810. The van der Waals surface area contributed by atoms with Gasteiger partial charge in [-0.15, -0.1) is 0 Å². The standard InChI is InChI=1S/C47H53F.C2H6/c1-7-17-35(9-3)27-29-46(28-13-14-30-48)43-24-12-11-23-39(43)40-25-26-41-38(18-8-2)42(10-4)47(45(41)44(40)46,36-21-15-19-33(5)31-36)37-22-16-20-34(6)32-37;1-2/h8,10-12,15-16,18-26,31-32,35H,4,7,9,13-14,17,27-30H2,1-3,5-6H3;1-2H3/b18-8-;. The second-order valence-electron chi connectivity index (χ2n) is 14.3. The molecule has 0 fully saturated rings. The topological polar surface area (TPSA) is 0 Å². The zero-order chi connectivity index (χ0) is 35.9. The first-order chi connectivity index (χ1) is 24.4. The van der Waals surface area contributed by atoms with Crippen LogP contribution in [0.15, 0.2) is 115 Å². The van der Waals surface area contributed by atoms with E-state index in [4.69, 9.17) is 0 Å². The Balaban J connectivity index is 0.00000239. The zero-order valence-electron chi connectivity index (χ0n) is 31.8. The van der Waals surface area contributed by atoms with Gasteiger partial charge in [0.15, 0.2) is 0 Å². The molecule has 0 aromatic heterocycles. The van der Waals surface area contributed by atoms with Gasteiger partial charge in [-0.1, -0.05) is 168 Å². The average molecular weight is 667 g/mol. The van der Waals surface area contributed by atoms with Gasteiger partial charge in [0.25, 0.3) is 0 Å². The van der Waals surface area contributed by atoms with Crippen molar-refractivity contribution in [2.24, 2.45) is 5.92 Å². The second-order valence-corrected chi connectivity index (χ2v) is 14.3. The van der Waals surface area contributed by atoms with E-state index in [1.54, 1.807) is 0 Å². The van der Waals surface area contributed by atoms with E-state index >= 15 is 0 Å². The van der Waals surface area contributed by atoms with E-state index in [0.29, 0.717) is 12.3 Å². The van der Waals surface area contributed by atoms with Gasteiger partial charge in [-0.25, -0.2) is 0 Å². The normalized spacial score (nSPS) is 17.6. The Kier molecular flexibility index (Phi) is 12.2. The first kappa shape index (κ1) is 37.3. The van der Waals surface area contributed by atoms with Gasteiger partial charge in [0.1, 0.15) is 0 Å². The lowest BCUT2D eigenvalue weighted by Crippen LogP contribution is -2.35. The SMILES string of the molecule is C=CC1=C(/C=C\C)c2ccc3c(c2C1(c1cccc(C)c1)c1cccc(C)c1)C(CCCCF)(CCC(CC)CCC)c1ccccc1-3.CC. The lowest BCUT2D eigenvalue weighted by atomic mass is 9.60. The van der Waals surface area contributed by atoms with Crippen molar-refractivity contribution in [3.05, 3.63) is 160 Å². The third-order valence-electron chi connectivity index (χ3n) is 11.5. The fourth-order valence-electron chi connectivity index (χ4n) is 9.40. The molecule has 262 valence electrons. The highest BCUT2D eigenvalue weighted by Crippen LogP contribution is 2.64. The molecule has 2 aliphatic rings. The van der Waals surface area contributed by atoms with Crippen LogP contribution in [0.1, 0.15) is 130 Å². The Morgan fingerprint density at radius 3 is 1.98 bits per heavy atom. The number of fused-ring (bicyclic) bond motifs is 5. The van der Waals surface area contributed by atoms with Crippen LogP contribution in [0.3, 0.4) is 0 Å². The molecular formula is C49H59F. The van der Waals surface area contributed by atoms with E-state index in [1.807, 2.05) is 13.8 Å². The molecule has 0 spiro atoms. The molecule has 0 saturated heterocycles. The Labute approximate surface area is 303 Å². The summed E-state index contributed by atoms with van der Waals surface area (Å²) < 4.78 is 13.9. The molecule has 0 N–H and O–H groups in total. The molecule has 2 atom stereocenters. The fraction of sp³-hybridized carbons (Fsp3) is 0.388. The lowest BCUT2D eigenvalue weighted by molar-refractivity contribution is 0.333. The van der Waals surface area contributed by atoms with Crippen LogP contribution in [-0.2, 0) is 10.8 Å². The maximum absolute atomic E-state index is 13.9. The number of benzene rings is 4. The van der Waals surface area contributed by atoms with Crippen LogP contribution in [0.25, 0.3) is 16.7 Å². The molecule has 0 saturated carbocycles. The van der Waals surface area contributed by atoms with Crippen molar-refractivity contribution in [1.29, 1.82) is 0 Å². The van der Waals surface area contributed by atoms with Crippen molar-refractivity contribution in [3.8, 4) is 11.1 Å². The molecule has 6 rings (SSSR count). The van der Waals surface area contributed by atoms with Crippen molar-refractivity contribution in [2.75, 3.05) is 6.67 Å². The van der Waals surface area contributed by atoms with Gasteiger partial charge in [0.05, 0.1) is 12.1 Å². The summed E-state index contributed by atoms with van der Waals surface area (Å²) >= 11 is 0. The van der Waals surface area contributed by atoms with Crippen LogP contribution in [-0.4, -0.2) is 6.67 Å². The van der Waals surface area contributed by atoms with Gasteiger partial charge in [0, 0.05) is 5.41 Å². The first-order valence-electron chi connectivity index (χ1n) is 19.4. The molecule has 2 unspecified atom stereocenters. The maximum Gasteiger partial charge on any atom is 0.0894 e. The predicted molar refractivity (Wildman–Crippen MR) is 216 cm³/mol. The van der Waals surface area contributed by atoms with Crippen LogP contribution in [0.4, 0.5) is 4.39 Å². The van der Waals surface area contributed by atoms with E-state index in [0.717, 1.165) is 19.3 Å². The van der Waals surface area contributed by atoms with Crippen LogP contribution in [0, 0.1) is 19.8 Å². The quantitative estimate of drug-likeness (QED) is 0.118. The number of halogens is 1. The van der Waals surface area contributed by atoms with E-state index in [9.17, 15) is 4.39 Å². The number of hydrogen-bond acceptors (Lipinski definition) is 0. The van der Waals surface area contributed by atoms with Crippen molar-refractivity contribution in [2.45, 2.75) is 111 Å². The highest BCUT2D eigenvalue weighted by atomic mass is 19.1. The third-order valence-corrected chi connectivity index (χ3v) is 11.5. The van der Waals surface area contributed by atoms with Gasteiger partial charge >= 0.3 is 0 Å². The minimum absolute atomic E-state index is 0.218. The van der Waals surface area contributed by atoms with E-state index in [2.05, 4.69) is 144 Å². The van der Waals surface area contributed by atoms with Gasteiger partial charge in [-0.05, 0) is 114 Å². The monoisotopic (exact) mass is 666 g/mol. The molecule has 4 aromatic carbocycles. The van der Waals surface area contributed by atoms with Gasteiger partial charge < -0.3 is 0 Å². The molecule has 0 nitrogen and oxygen atoms in total. The summed E-state index contributed by atoms with van der Waals surface area (Å²) in [6, 6.07) is 32.3. The smallest absolute Gasteiger partial charge is 0.0894 e. The summed E-state index contributed by atoms with van der Waals surface area (Å²) in [6.07, 6.45) is 14.9. The van der Waals surface area contributed by atoms with E-state index < -0.39 is 5.41 Å². The molecule has 1 heteroatoms. The van der Waals surface area contributed by atoms with Gasteiger partial charge in [-0.2, -0.15) is 0 Å². The molecule has 2 aliphatic carbocycles. The highest BCUT2D eigenvalue weighted by molar-refractivity contribution is 5.97. The zero-order valence-corrected chi connectivity index (χ0v) is 31.8. The number of aryl methyl sites for hydroxylation is 2. The van der Waals surface area contributed by atoms with Crippen LogP contribution in [0.5, 0.6) is 0 Å². The van der Waals surface area contributed by atoms with Crippen LogP contribution in [0.2, 0.25) is 0 Å². The van der Waals surface area contributed by atoms with Gasteiger partial charge in [-0.3, -0.25) is 4.39 Å². The largest absolute Gasteiger partial charge is 0.251 e. The Hall–Kier alpha value is -3.97. The minimum Gasteiger partial charge on any atom is -0.251 e. The highest BCUT2D eigenvalue weighted by Gasteiger charge is 2.54. The van der Waals surface area contributed by atoms with Crippen molar-refractivity contribution in [3.63, 3.8) is 0 Å². The molecule has 0 aliphatic heterocycles. The number of allylic oxidation sites excluding steroid dienone is 5. The average Bonchev–Trinajstić information content (AvgIpc) is 3.58. The number of rotatable bonds is 14. The van der Waals surface area contributed by atoms with Crippen LogP contribution >= 0.6 is 0 Å². The summed E-state index contributed by atoms with van der Waals surface area (Å²) in [4.78, 5) is 0. The molecular weight excluding hydrogens is 608 g/mol. The maximum atomic E-state index is 13.9. The summed E-state index contributed by atoms with van der Waals surface area (Å²) in [5.41, 5.74) is 15.1. The summed E-state index contributed by atoms with van der Waals surface area (Å²) in [5, 5.41) is 0. The Morgan fingerprint density at radius 1 is 0.740 bits per heavy atom. The lowest BCUT2D eigenvalue weighted by Gasteiger charge is -2.41. The number of hydrogen-bond donors (Lipinski definition) is 0. The predicted octanol–water partition coefficient (Wildman–Crippen LogP) is 14.2.